The Bertz CT molecular complexity index is 528. The van der Waals surface area contributed by atoms with Crippen LogP contribution in [0.2, 0.25) is 0 Å². The third-order valence-corrected chi connectivity index (χ3v) is 4.28. The summed E-state index contributed by atoms with van der Waals surface area (Å²) in [6.07, 6.45) is 3.54. The Balaban J connectivity index is 2.56. The van der Waals surface area contributed by atoms with E-state index in [1.807, 2.05) is 0 Å². The Morgan fingerprint density at radius 2 is 1.26 bits per heavy atom. The molecule has 27 heavy (non-hydrogen) atoms. The first-order valence-corrected chi connectivity index (χ1v) is 9.88. The minimum atomic E-state index is -5.00. The molecule has 0 radical (unpaired) electrons. The highest BCUT2D eigenvalue weighted by molar-refractivity contribution is 5.59. The van der Waals surface area contributed by atoms with E-state index in [9.17, 15) is 18.0 Å². The summed E-state index contributed by atoms with van der Waals surface area (Å²) in [5.74, 6) is 0. The van der Waals surface area contributed by atoms with Crippen LogP contribution >= 0.6 is 0 Å². The van der Waals surface area contributed by atoms with Gasteiger partial charge in [-0.05, 0) is 55.2 Å². The highest BCUT2D eigenvalue weighted by atomic mass is 19.4. The van der Waals surface area contributed by atoms with E-state index in [0.29, 0.717) is 12.8 Å². The van der Waals surface area contributed by atoms with E-state index in [2.05, 4.69) is 41.5 Å². The second kappa shape index (κ2) is 12.6. The summed E-state index contributed by atoms with van der Waals surface area (Å²) in [5, 5.41) is 0. The maximum Gasteiger partial charge on any atom is 0.577 e. The van der Waals surface area contributed by atoms with Gasteiger partial charge in [0, 0.05) is 0 Å². The summed E-state index contributed by atoms with van der Waals surface area (Å²) in [5.41, 5.74) is 3.76. The van der Waals surface area contributed by atoms with E-state index in [1.165, 1.54) is 36.8 Å². The van der Waals surface area contributed by atoms with Crippen molar-refractivity contribution in [2.75, 3.05) is 6.61 Å². The van der Waals surface area contributed by atoms with Crippen molar-refractivity contribution >= 4 is 6.16 Å². The molecule has 3 nitrogen and oxygen atoms in total. The molecule has 0 saturated heterocycles. The molecule has 1 aromatic carbocycles. The van der Waals surface area contributed by atoms with Gasteiger partial charge in [0.05, 0.1) is 6.61 Å². The highest BCUT2D eigenvalue weighted by Crippen LogP contribution is 2.19. The molecule has 0 fully saturated rings. The fourth-order valence-electron chi connectivity index (χ4n) is 2.99. The van der Waals surface area contributed by atoms with E-state index in [0.717, 1.165) is 31.2 Å². The average molecular weight is 388 g/mol. The molecule has 0 amide bonds. The Morgan fingerprint density at radius 3 is 1.67 bits per heavy atom. The first kappa shape index (κ1) is 23.3. The zero-order valence-electron chi connectivity index (χ0n) is 16.4. The molecule has 0 saturated carbocycles. The van der Waals surface area contributed by atoms with Crippen LogP contribution in [-0.4, -0.2) is 19.1 Å². The summed E-state index contributed by atoms with van der Waals surface area (Å²) < 4.78 is 43.4. The van der Waals surface area contributed by atoms with Crippen molar-refractivity contribution < 1.29 is 27.4 Å². The number of carbonyl (C=O) groups is 1. The van der Waals surface area contributed by atoms with Gasteiger partial charge in [-0.2, -0.15) is 0 Å². The molecule has 1 rings (SSSR count). The molecule has 154 valence electrons. The summed E-state index contributed by atoms with van der Waals surface area (Å²) >= 11 is 0. The Labute approximate surface area is 160 Å². The Hall–Kier alpha value is -1.72. The number of halogens is 3. The second-order valence-electron chi connectivity index (χ2n) is 6.82. The van der Waals surface area contributed by atoms with Crippen molar-refractivity contribution in [1.29, 1.82) is 0 Å². The summed E-state index contributed by atoms with van der Waals surface area (Å²) in [7, 11) is 0. The normalized spacial score (nSPS) is 11.4. The van der Waals surface area contributed by atoms with Crippen LogP contribution in [0, 0.1) is 0 Å². The molecular formula is C21H31F3O3. The molecule has 0 aromatic heterocycles. The number of rotatable bonds is 12. The van der Waals surface area contributed by atoms with E-state index in [4.69, 9.17) is 0 Å². The van der Waals surface area contributed by atoms with E-state index in [-0.39, 0.29) is 6.61 Å². The fourth-order valence-corrected chi connectivity index (χ4v) is 2.99. The number of aryl methyl sites for hydroxylation is 3. The second-order valence-corrected chi connectivity index (χ2v) is 6.82. The van der Waals surface area contributed by atoms with Crippen LogP contribution in [-0.2, 0) is 28.7 Å². The predicted molar refractivity (Wildman–Crippen MR) is 99.7 cm³/mol. The quantitative estimate of drug-likeness (QED) is 0.293. The maximum atomic E-state index is 11.9. The molecule has 0 atom stereocenters. The number of unbranched alkanes of at least 4 members (excludes halogenated alkanes) is 4. The van der Waals surface area contributed by atoms with Gasteiger partial charge in [-0.1, -0.05) is 57.7 Å². The maximum absolute atomic E-state index is 11.9. The monoisotopic (exact) mass is 388 g/mol. The van der Waals surface area contributed by atoms with Crippen LogP contribution in [0.3, 0.4) is 0 Å². The smallest absolute Gasteiger partial charge is 0.434 e. The van der Waals surface area contributed by atoms with Crippen molar-refractivity contribution in [2.45, 2.75) is 84.4 Å². The lowest BCUT2D eigenvalue weighted by molar-refractivity contribution is -0.299. The van der Waals surface area contributed by atoms with Gasteiger partial charge in [-0.3, -0.25) is 0 Å². The van der Waals surface area contributed by atoms with Gasteiger partial charge in [0.2, 0.25) is 0 Å². The molecule has 0 spiro atoms. The number of alkyl halides is 3. The molecule has 0 unspecified atom stereocenters. The lowest BCUT2D eigenvalue weighted by atomic mass is 9.96. The number of carbonyl (C=O) groups excluding carboxylic acids is 1. The summed E-state index contributed by atoms with van der Waals surface area (Å²) in [6.45, 7) is 4.26. The van der Waals surface area contributed by atoms with Crippen LogP contribution in [0.5, 0.6) is 0 Å². The van der Waals surface area contributed by atoms with Crippen molar-refractivity contribution in [3.8, 4) is 0 Å². The van der Waals surface area contributed by atoms with Gasteiger partial charge in [0.15, 0.2) is 0 Å². The molecule has 1 aromatic rings. The van der Waals surface area contributed by atoms with Crippen LogP contribution in [0.15, 0.2) is 18.2 Å². The SMILES string of the molecule is CCCCCc1cc(CCCCC)cc(CCCOC(=O)OC(F)(F)F)c1. The van der Waals surface area contributed by atoms with Gasteiger partial charge in [-0.15, -0.1) is 13.2 Å². The van der Waals surface area contributed by atoms with Gasteiger partial charge in [0.1, 0.15) is 0 Å². The van der Waals surface area contributed by atoms with E-state index in [1.54, 1.807) is 0 Å². The van der Waals surface area contributed by atoms with Crippen LogP contribution < -0.4 is 0 Å². The zero-order chi connectivity index (χ0) is 20.1. The molecule has 0 aliphatic rings. The highest BCUT2D eigenvalue weighted by Gasteiger charge is 2.34. The average Bonchev–Trinajstić information content (AvgIpc) is 2.58. The number of ether oxygens (including phenoxy) is 2. The van der Waals surface area contributed by atoms with E-state index < -0.39 is 12.5 Å². The van der Waals surface area contributed by atoms with Gasteiger partial charge >= 0.3 is 12.5 Å². The predicted octanol–water partition coefficient (Wildman–Crippen LogP) is 6.76. The van der Waals surface area contributed by atoms with Crippen molar-refractivity contribution in [3.63, 3.8) is 0 Å². The molecule has 0 heterocycles. The van der Waals surface area contributed by atoms with Crippen LogP contribution in [0.4, 0.5) is 18.0 Å². The third kappa shape index (κ3) is 11.6. The standard InChI is InChI=1S/C21H31F3O3/c1-3-5-7-10-17-14-18(11-8-6-4-2)16-19(15-17)12-9-13-26-20(25)27-21(22,23)24/h14-16H,3-13H2,1-2H3. The fraction of sp³-hybridized carbons (Fsp3) is 0.667. The molecule has 0 aliphatic heterocycles. The minimum absolute atomic E-state index is 0.0971. The van der Waals surface area contributed by atoms with Gasteiger partial charge < -0.3 is 9.47 Å². The van der Waals surface area contributed by atoms with Crippen molar-refractivity contribution in [2.24, 2.45) is 0 Å². The van der Waals surface area contributed by atoms with Gasteiger partial charge in [0.25, 0.3) is 0 Å². The third-order valence-electron chi connectivity index (χ3n) is 4.28. The molecule has 0 N–H and O–H groups in total. The summed E-state index contributed by atoms with van der Waals surface area (Å²) in [4.78, 5) is 10.9. The topological polar surface area (TPSA) is 35.5 Å². The molecule has 6 heteroatoms. The van der Waals surface area contributed by atoms with E-state index >= 15 is 0 Å². The number of benzene rings is 1. The van der Waals surface area contributed by atoms with Gasteiger partial charge in [-0.25, -0.2) is 4.79 Å². The lowest BCUT2D eigenvalue weighted by Crippen LogP contribution is -2.20. The number of hydrogen-bond acceptors (Lipinski definition) is 3. The zero-order valence-corrected chi connectivity index (χ0v) is 16.4. The molecular weight excluding hydrogens is 357 g/mol. The summed E-state index contributed by atoms with van der Waals surface area (Å²) in [6, 6.07) is 6.59. The Kier molecular flexibility index (Phi) is 10.9. The van der Waals surface area contributed by atoms with Crippen molar-refractivity contribution in [3.05, 3.63) is 34.9 Å². The first-order valence-electron chi connectivity index (χ1n) is 9.88. The number of hydrogen-bond donors (Lipinski definition) is 0. The Morgan fingerprint density at radius 1 is 0.815 bits per heavy atom. The molecule has 0 bridgehead atoms. The molecule has 0 aliphatic carbocycles. The van der Waals surface area contributed by atoms with Crippen LogP contribution in [0.1, 0.15) is 75.5 Å². The van der Waals surface area contributed by atoms with Crippen LogP contribution in [0.25, 0.3) is 0 Å². The largest absolute Gasteiger partial charge is 0.577 e. The van der Waals surface area contributed by atoms with Crippen molar-refractivity contribution in [1.82, 2.24) is 0 Å². The lowest BCUT2D eigenvalue weighted by Gasteiger charge is -2.11. The first-order chi connectivity index (χ1) is 12.8. The minimum Gasteiger partial charge on any atom is -0.434 e.